The molecule has 1 aromatic rings. The molecule has 1 N–H and O–H groups in total. The van der Waals surface area contributed by atoms with Crippen molar-refractivity contribution >= 4 is 0 Å². The zero-order valence-electron chi connectivity index (χ0n) is 13.9. The van der Waals surface area contributed by atoms with Gasteiger partial charge in [0.15, 0.2) is 0 Å². The summed E-state index contributed by atoms with van der Waals surface area (Å²) in [6.07, 6.45) is 8.14. The van der Waals surface area contributed by atoms with E-state index in [1.54, 1.807) is 0 Å². The quantitative estimate of drug-likeness (QED) is 0.899. The van der Waals surface area contributed by atoms with Crippen LogP contribution in [-0.2, 0) is 6.54 Å². The lowest BCUT2D eigenvalue weighted by Gasteiger charge is -2.36. The summed E-state index contributed by atoms with van der Waals surface area (Å²) in [7, 11) is 2.26. The van der Waals surface area contributed by atoms with E-state index in [9.17, 15) is 0 Å². The average molecular weight is 289 g/mol. The largest absolute Gasteiger partial charge is 0.313 e. The summed E-state index contributed by atoms with van der Waals surface area (Å²) >= 11 is 0. The van der Waals surface area contributed by atoms with E-state index in [0.717, 1.165) is 18.8 Å². The third-order valence-electron chi connectivity index (χ3n) is 4.62. The van der Waals surface area contributed by atoms with E-state index >= 15 is 0 Å². The molecule has 0 aliphatic heterocycles. The molecule has 0 spiro atoms. The second-order valence-electron chi connectivity index (χ2n) is 6.41. The average Bonchev–Trinajstić information content (AvgIpc) is 2.42. The van der Waals surface area contributed by atoms with Gasteiger partial charge in [0.2, 0.25) is 0 Å². The number of nitrogens with zero attached hydrogens (tertiary/aromatic N) is 2. The van der Waals surface area contributed by atoms with Crippen LogP contribution in [0.4, 0.5) is 0 Å². The second kappa shape index (κ2) is 8.50. The number of nitrogens with one attached hydrogen (secondary N) is 1. The maximum atomic E-state index is 4.66. The molecule has 1 aliphatic carbocycles. The van der Waals surface area contributed by atoms with E-state index in [1.807, 2.05) is 0 Å². The molecular weight excluding hydrogens is 258 g/mol. The van der Waals surface area contributed by atoms with Crippen LogP contribution in [0.15, 0.2) is 18.2 Å². The normalized spacial score (nSPS) is 23.8. The summed E-state index contributed by atoms with van der Waals surface area (Å²) in [5, 5.41) is 3.72. The number of aryl methyl sites for hydroxylation is 1. The predicted molar refractivity (Wildman–Crippen MR) is 89.4 cm³/mol. The molecular formula is C18H31N3. The highest BCUT2D eigenvalue weighted by atomic mass is 15.2. The van der Waals surface area contributed by atoms with Gasteiger partial charge >= 0.3 is 0 Å². The van der Waals surface area contributed by atoms with Gasteiger partial charge < -0.3 is 5.32 Å². The lowest BCUT2D eigenvalue weighted by Crippen LogP contribution is -2.49. The minimum atomic E-state index is 0.630. The predicted octanol–water partition coefficient (Wildman–Crippen LogP) is 3.52. The number of likely N-dealkylation sites (N-methyl/N-ethyl adjacent to an activating group) is 2. The minimum Gasteiger partial charge on any atom is -0.313 e. The van der Waals surface area contributed by atoms with Crippen LogP contribution < -0.4 is 5.32 Å². The van der Waals surface area contributed by atoms with E-state index in [1.165, 1.54) is 44.2 Å². The van der Waals surface area contributed by atoms with Crippen LogP contribution in [0.3, 0.4) is 0 Å². The van der Waals surface area contributed by atoms with Crippen LogP contribution in [0.1, 0.15) is 56.8 Å². The smallest absolute Gasteiger partial charge is 0.0547 e. The van der Waals surface area contributed by atoms with Crippen molar-refractivity contribution in [3.63, 3.8) is 0 Å². The Kier molecular flexibility index (Phi) is 6.65. The molecule has 1 saturated carbocycles. The van der Waals surface area contributed by atoms with Gasteiger partial charge in [-0.2, -0.15) is 0 Å². The first-order valence-corrected chi connectivity index (χ1v) is 8.57. The fourth-order valence-corrected chi connectivity index (χ4v) is 3.55. The Morgan fingerprint density at radius 2 is 1.95 bits per heavy atom. The van der Waals surface area contributed by atoms with Crippen molar-refractivity contribution < 1.29 is 0 Å². The van der Waals surface area contributed by atoms with Crippen molar-refractivity contribution in [2.45, 2.75) is 71.0 Å². The zero-order chi connectivity index (χ0) is 15.1. The molecule has 118 valence electrons. The number of pyridine rings is 1. The minimum absolute atomic E-state index is 0.630. The van der Waals surface area contributed by atoms with Gasteiger partial charge in [0.1, 0.15) is 0 Å². The first kappa shape index (κ1) is 16.4. The van der Waals surface area contributed by atoms with Crippen molar-refractivity contribution in [3.8, 4) is 0 Å². The summed E-state index contributed by atoms with van der Waals surface area (Å²) in [6, 6.07) is 7.60. The molecule has 1 fully saturated rings. The third kappa shape index (κ3) is 5.08. The molecule has 1 aromatic heterocycles. The van der Waals surface area contributed by atoms with Gasteiger partial charge in [-0.15, -0.1) is 0 Å². The van der Waals surface area contributed by atoms with E-state index in [-0.39, 0.29) is 0 Å². The van der Waals surface area contributed by atoms with Crippen LogP contribution in [0.2, 0.25) is 0 Å². The van der Waals surface area contributed by atoms with Crippen LogP contribution in [-0.4, -0.2) is 35.6 Å². The molecule has 0 aromatic carbocycles. The maximum Gasteiger partial charge on any atom is 0.0547 e. The standard InChI is InChI=1S/C18H31N3/c1-4-19-17-12-7-5-6-8-13-18(17)21(3)14-16-11-9-10-15(2)20-16/h9-11,17-19H,4-8,12-14H2,1-3H3. The van der Waals surface area contributed by atoms with Gasteiger partial charge in [-0.3, -0.25) is 9.88 Å². The number of hydrogen-bond acceptors (Lipinski definition) is 3. The Bertz CT molecular complexity index is 419. The van der Waals surface area contributed by atoms with Crippen molar-refractivity contribution in [2.75, 3.05) is 13.6 Å². The Hall–Kier alpha value is -0.930. The van der Waals surface area contributed by atoms with Crippen LogP contribution in [0.5, 0.6) is 0 Å². The Morgan fingerprint density at radius 1 is 1.19 bits per heavy atom. The van der Waals surface area contributed by atoms with Crippen LogP contribution in [0.25, 0.3) is 0 Å². The molecule has 1 aliphatic rings. The lowest BCUT2D eigenvalue weighted by molar-refractivity contribution is 0.155. The lowest BCUT2D eigenvalue weighted by atomic mass is 9.91. The van der Waals surface area contributed by atoms with Crippen LogP contribution >= 0.6 is 0 Å². The van der Waals surface area contributed by atoms with Crippen molar-refractivity contribution in [3.05, 3.63) is 29.6 Å². The first-order chi connectivity index (χ1) is 10.2. The van der Waals surface area contributed by atoms with Crippen molar-refractivity contribution in [2.24, 2.45) is 0 Å². The van der Waals surface area contributed by atoms with Gasteiger partial charge in [0.05, 0.1) is 5.69 Å². The maximum absolute atomic E-state index is 4.66. The fourth-order valence-electron chi connectivity index (χ4n) is 3.55. The summed E-state index contributed by atoms with van der Waals surface area (Å²) in [4.78, 5) is 7.17. The van der Waals surface area contributed by atoms with E-state index < -0.39 is 0 Å². The monoisotopic (exact) mass is 289 g/mol. The molecule has 2 atom stereocenters. The molecule has 3 heteroatoms. The van der Waals surface area contributed by atoms with E-state index in [2.05, 4.69) is 54.3 Å². The molecule has 21 heavy (non-hydrogen) atoms. The molecule has 0 bridgehead atoms. The summed E-state index contributed by atoms with van der Waals surface area (Å²) in [5.74, 6) is 0. The molecule has 2 unspecified atom stereocenters. The Labute approximate surface area is 130 Å². The molecule has 0 amide bonds. The number of rotatable bonds is 5. The highest BCUT2D eigenvalue weighted by Gasteiger charge is 2.25. The topological polar surface area (TPSA) is 28.2 Å². The van der Waals surface area contributed by atoms with Gasteiger partial charge in [-0.1, -0.05) is 38.7 Å². The van der Waals surface area contributed by atoms with Gasteiger partial charge in [0.25, 0.3) is 0 Å². The molecule has 0 radical (unpaired) electrons. The molecule has 0 saturated heterocycles. The first-order valence-electron chi connectivity index (χ1n) is 8.57. The zero-order valence-corrected chi connectivity index (χ0v) is 13.9. The second-order valence-corrected chi connectivity index (χ2v) is 6.41. The van der Waals surface area contributed by atoms with Gasteiger partial charge in [0, 0.05) is 24.3 Å². The van der Waals surface area contributed by atoms with E-state index in [4.69, 9.17) is 0 Å². The third-order valence-corrected chi connectivity index (χ3v) is 4.62. The summed E-state index contributed by atoms with van der Waals surface area (Å²) < 4.78 is 0. The van der Waals surface area contributed by atoms with Crippen LogP contribution in [0, 0.1) is 6.92 Å². The Morgan fingerprint density at radius 3 is 2.67 bits per heavy atom. The molecule has 1 heterocycles. The Balaban J connectivity index is 2.03. The van der Waals surface area contributed by atoms with Crippen molar-refractivity contribution in [1.82, 2.24) is 15.2 Å². The van der Waals surface area contributed by atoms with Gasteiger partial charge in [-0.05, 0) is 45.5 Å². The SMILES string of the molecule is CCNC1CCCCCCC1N(C)Cc1cccc(C)n1. The van der Waals surface area contributed by atoms with Crippen molar-refractivity contribution in [1.29, 1.82) is 0 Å². The molecule has 3 nitrogen and oxygen atoms in total. The fraction of sp³-hybridized carbons (Fsp3) is 0.722. The van der Waals surface area contributed by atoms with E-state index in [0.29, 0.717) is 12.1 Å². The molecule has 2 rings (SSSR count). The number of aromatic nitrogens is 1. The number of hydrogen-bond donors (Lipinski definition) is 1. The summed E-state index contributed by atoms with van der Waals surface area (Å²) in [6.45, 7) is 6.31. The van der Waals surface area contributed by atoms with Gasteiger partial charge in [-0.25, -0.2) is 0 Å². The highest BCUT2D eigenvalue weighted by Crippen LogP contribution is 2.22. The summed E-state index contributed by atoms with van der Waals surface area (Å²) in [5.41, 5.74) is 2.30. The highest BCUT2D eigenvalue weighted by molar-refractivity contribution is 5.10.